The highest BCUT2D eigenvalue weighted by Crippen LogP contribution is 2.20. The van der Waals surface area contributed by atoms with Crippen LogP contribution in [-0.4, -0.2) is 49.1 Å². The molecule has 0 saturated carbocycles. The first-order valence-corrected chi connectivity index (χ1v) is 9.04. The monoisotopic (exact) mass is 298 g/mol. The van der Waals surface area contributed by atoms with E-state index in [2.05, 4.69) is 52.3 Å². The average molecular weight is 298 g/mol. The second-order valence-corrected chi connectivity index (χ2v) is 6.88. The van der Waals surface area contributed by atoms with E-state index in [0.29, 0.717) is 0 Å². The van der Waals surface area contributed by atoms with Crippen molar-refractivity contribution in [3.8, 4) is 0 Å². The van der Waals surface area contributed by atoms with Crippen molar-refractivity contribution in [3.63, 3.8) is 0 Å². The maximum Gasteiger partial charge on any atom is 0.0110 e. The highest BCUT2D eigenvalue weighted by molar-refractivity contribution is 5.14. The Hall–Kier alpha value is -1.12. The van der Waals surface area contributed by atoms with Gasteiger partial charge in [-0.25, -0.2) is 0 Å². The molecule has 22 heavy (non-hydrogen) atoms. The lowest BCUT2D eigenvalue weighted by atomic mass is 9.94. The molecule has 1 fully saturated rings. The maximum absolute atomic E-state index is 2.69. The van der Waals surface area contributed by atoms with Crippen LogP contribution in [0.3, 0.4) is 0 Å². The van der Waals surface area contributed by atoms with Gasteiger partial charge in [0, 0.05) is 32.7 Å². The number of rotatable bonds is 6. The summed E-state index contributed by atoms with van der Waals surface area (Å²) in [4.78, 5) is 5.34. The van der Waals surface area contributed by atoms with Crippen LogP contribution in [-0.2, 0) is 6.42 Å². The molecule has 1 aromatic rings. The molecule has 2 nitrogen and oxygen atoms in total. The molecule has 2 aliphatic rings. The topological polar surface area (TPSA) is 6.48 Å². The first kappa shape index (κ1) is 15.8. The summed E-state index contributed by atoms with van der Waals surface area (Å²) in [5.74, 6) is 0.912. The van der Waals surface area contributed by atoms with Gasteiger partial charge in [-0.2, -0.15) is 0 Å². The fraction of sp³-hybridized carbons (Fsp3) is 0.600. The minimum atomic E-state index is 0.912. The predicted molar refractivity (Wildman–Crippen MR) is 94.1 cm³/mol. The molecule has 1 saturated heterocycles. The first-order chi connectivity index (χ1) is 10.9. The van der Waals surface area contributed by atoms with E-state index in [1.54, 1.807) is 0 Å². The zero-order valence-electron chi connectivity index (χ0n) is 13.8. The second kappa shape index (κ2) is 8.50. The second-order valence-electron chi connectivity index (χ2n) is 6.88. The van der Waals surface area contributed by atoms with E-state index in [0.717, 1.165) is 5.92 Å². The Kier molecular flexibility index (Phi) is 6.09. The SMILES string of the molecule is C1=CCC(CN2CCN(CCCc3ccccc3)CC2)CC1. The van der Waals surface area contributed by atoms with E-state index in [-0.39, 0.29) is 0 Å². The van der Waals surface area contributed by atoms with Gasteiger partial charge >= 0.3 is 0 Å². The van der Waals surface area contributed by atoms with Crippen molar-refractivity contribution in [1.82, 2.24) is 9.80 Å². The van der Waals surface area contributed by atoms with Crippen LogP contribution in [0.25, 0.3) is 0 Å². The van der Waals surface area contributed by atoms with Gasteiger partial charge in [0.2, 0.25) is 0 Å². The Balaban J connectivity index is 1.31. The number of piperazine rings is 1. The summed E-state index contributed by atoms with van der Waals surface area (Å²) in [6.07, 6.45) is 11.2. The Morgan fingerprint density at radius 1 is 0.909 bits per heavy atom. The first-order valence-electron chi connectivity index (χ1n) is 9.04. The molecule has 1 aliphatic heterocycles. The molecule has 1 aromatic carbocycles. The average Bonchev–Trinajstić information content (AvgIpc) is 2.58. The summed E-state index contributed by atoms with van der Waals surface area (Å²) in [6, 6.07) is 10.9. The van der Waals surface area contributed by atoms with Crippen LogP contribution in [0.2, 0.25) is 0 Å². The summed E-state index contributed by atoms with van der Waals surface area (Å²) in [5, 5.41) is 0. The van der Waals surface area contributed by atoms with Gasteiger partial charge in [0.05, 0.1) is 0 Å². The van der Waals surface area contributed by atoms with Crippen molar-refractivity contribution in [2.24, 2.45) is 5.92 Å². The molecule has 0 spiro atoms. The van der Waals surface area contributed by atoms with Crippen LogP contribution in [0.15, 0.2) is 42.5 Å². The van der Waals surface area contributed by atoms with Gasteiger partial charge in [0.1, 0.15) is 0 Å². The molecule has 3 rings (SSSR count). The molecule has 0 radical (unpaired) electrons. The highest BCUT2D eigenvalue weighted by atomic mass is 15.3. The molecule has 2 heteroatoms. The smallest absolute Gasteiger partial charge is 0.0110 e. The van der Waals surface area contributed by atoms with Gasteiger partial charge in [0.25, 0.3) is 0 Å². The lowest BCUT2D eigenvalue weighted by molar-refractivity contribution is 0.115. The van der Waals surface area contributed by atoms with E-state index in [1.807, 2.05) is 0 Å². The molecule has 1 atom stereocenters. The zero-order valence-corrected chi connectivity index (χ0v) is 13.8. The van der Waals surface area contributed by atoms with E-state index < -0.39 is 0 Å². The van der Waals surface area contributed by atoms with Crippen LogP contribution in [0.4, 0.5) is 0 Å². The Bertz CT molecular complexity index is 446. The quantitative estimate of drug-likeness (QED) is 0.741. The van der Waals surface area contributed by atoms with Gasteiger partial charge in [-0.15, -0.1) is 0 Å². The van der Waals surface area contributed by atoms with Crippen molar-refractivity contribution < 1.29 is 0 Å². The van der Waals surface area contributed by atoms with E-state index >= 15 is 0 Å². The molecule has 0 amide bonds. The van der Waals surface area contributed by atoms with Crippen LogP contribution in [0, 0.1) is 5.92 Å². The third kappa shape index (κ3) is 4.96. The lowest BCUT2D eigenvalue weighted by Crippen LogP contribution is -2.48. The zero-order chi connectivity index (χ0) is 15.0. The maximum atomic E-state index is 2.69. The van der Waals surface area contributed by atoms with E-state index in [4.69, 9.17) is 0 Å². The third-order valence-electron chi connectivity index (χ3n) is 5.14. The molecular formula is C20H30N2. The minimum Gasteiger partial charge on any atom is -0.301 e. The molecule has 1 aliphatic carbocycles. The number of allylic oxidation sites excluding steroid dienone is 2. The van der Waals surface area contributed by atoms with Crippen molar-refractivity contribution in [2.45, 2.75) is 32.1 Å². The Morgan fingerprint density at radius 2 is 1.68 bits per heavy atom. The van der Waals surface area contributed by atoms with E-state index in [9.17, 15) is 0 Å². The summed E-state index contributed by atoms with van der Waals surface area (Å²) in [6.45, 7) is 7.64. The summed E-state index contributed by atoms with van der Waals surface area (Å²) in [7, 11) is 0. The van der Waals surface area contributed by atoms with Gasteiger partial charge in [-0.1, -0.05) is 42.5 Å². The number of hydrogen-bond acceptors (Lipinski definition) is 2. The van der Waals surface area contributed by atoms with E-state index in [1.165, 1.54) is 76.9 Å². The fourth-order valence-corrected chi connectivity index (χ4v) is 3.73. The Morgan fingerprint density at radius 3 is 2.41 bits per heavy atom. The van der Waals surface area contributed by atoms with Crippen molar-refractivity contribution in [1.29, 1.82) is 0 Å². The third-order valence-corrected chi connectivity index (χ3v) is 5.14. The number of hydrogen-bond donors (Lipinski definition) is 0. The molecule has 120 valence electrons. The Labute approximate surface area is 135 Å². The van der Waals surface area contributed by atoms with Crippen LogP contribution < -0.4 is 0 Å². The summed E-state index contributed by atoms with van der Waals surface area (Å²) < 4.78 is 0. The minimum absolute atomic E-state index is 0.912. The summed E-state index contributed by atoms with van der Waals surface area (Å²) >= 11 is 0. The molecule has 1 heterocycles. The molecule has 0 N–H and O–H groups in total. The molecular weight excluding hydrogens is 268 g/mol. The van der Waals surface area contributed by atoms with Gasteiger partial charge in [-0.05, 0) is 50.1 Å². The van der Waals surface area contributed by atoms with Gasteiger partial charge in [0.15, 0.2) is 0 Å². The highest BCUT2D eigenvalue weighted by Gasteiger charge is 2.19. The van der Waals surface area contributed by atoms with Crippen molar-refractivity contribution >= 4 is 0 Å². The standard InChI is InChI=1S/C20H30N2/c1-3-8-19(9-4-1)12-7-13-21-14-16-22(17-15-21)18-20-10-5-2-6-11-20/h1-5,8-9,20H,6-7,10-18H2. The lowest BCUT2D eigenvalue weighted by Gasteiger charge is -2.36. The van der Waals surface area contributed by atoms with Crippen LogP contribution in [0.1, 0.15) is 31.2 Å². The fourth-order valence-electron chi connectivity index (χ4n) is 3.73. The largest absolute Gasteiger partial charge is 0.301 e. The number of aryl methyl sites for hydroxylation is 1. The molecule has 0 bridgehead atoms. The van der Waals surface area contributed by atoms with Gasteiger partial charge in [-0.3, -0.25) is 0 Å². The molecule has 0 aromatic heterocycles. The summed E-state index contributed by atoms with van der Waals surface area (Å²) in [5.41, 5.74) is 1.48. The van der Waals surface area contributed by atoms with Crippen LogP contribution >= 0.6 is 0 Å². The molecule has 1 unspecified atom stereocenters. The number of benzene rings is 1. The predicted octanol–water partition coefficient (Wildman–Crippen LogP) is 3.59. The van der Waals surface area contributed by atoms with Gasteiger partial charge < -0.3 is 9.80 Å². The van der Waals surface area contributed by atoms with Crippen molar-refractivity contribution in [3.05, 3.63) is 48.0 Å². The van der Waals surface area contributed by atoms with Crippen LogP contribution in [0.5, 0.6) is 0 Å². The number of nitrogens with zero attached hydrogens (tertiary/aromatic N) is 2. The normalized spacial score (nSPS) is 23.7. The van der Waals surface area contributed by atoms with Crippen molar-refractivity contribution in [2.75, 3.05) is 39.3 Å².